The minimum atomic E-state index is -3.58. The van der Waals surface area contributed by atoms with Gasteiger partial charge >= 0.3 is 0 Å². The van der Waals surface area contributed by atoms with E-state index in [0.717, 1.165) is 18.5 Å². The number of rotatable bonds is 5. The van der Waals surface area contributed by atoms with E-state index in [9.17, 15) is 13.2 Å². The molecular weight excluding hydrogens is 334 g/mol. The number of amides is 1. The number of anilines is 1. The van der Waals surface area contributed by atoms with Gasteiger partial charge in [0, 0.05) is 17.0 Å². The maximum atomic E-state index is 12.4. The third kappa shape index (κ3) is 3.77. The minimum Gasteiger partial charge on any atom is -0.298 e. The number of aromatic nitrogens is 1. The van der Waals surface area contributed by atoms with Crippen LogP contribution in [0, 0.1) is 13.8 Å². The lowest BCUT2D eigenvalue weighted by molar-refractivity contribution is 0.102. The summed E-state index contributed by atoms with van der Waals surface area (Å²) in [6.45, 7) is 3.61. The second-order valence-corrected chi connectivity index (χ2v) is 8.19. The Labute approximate surface area is 139 Å². The summed E-state index contributed by atoms with van der Waals surface area (Å²) < 4.78 is 27.2. The van der Waals surface area contributed by atoms with E-state index < -0.39 is 10.0 Å². The molecule has 6 nitrogen and oxygen atoms in total. The summed E-state index contributed by atoms with van der Waals surface area (Å²) in [5, 5.41) is 5.04. The van der Waals surface area contributed by atoms with Crippen LogP contribution in [-0.2, 0) is 10.0 Å². The van der Waals surface area contributed by atoms with Crippen molar-refractivity contribution in [3.8, 4) is 0 Å². The standard InChI is InChI=1S/C15H17N3O3S2/c1-9-3-6-12(23(20,21)18-11-4-5-11)7-13(9)14(19)17-15-16-10(2)8-22-15/h3,6-8,11,18H,4-5H2,1-2H3,(H,16,17,19). The first-order valence-electron chi connectivity index (χ1n) is 7.21. The Balaban J connectivity index is 1.86. The number of hydrogen-bond donors (Lipinski definition) is 2. The predicted molar refractivity (Wildman–Crippen MR) is 89.3 cm³/mol. The molecule has 1 aliphatic carbocycles. The Morgan fingerprint density at radius 3 is 2.65 bits per heavy atom. The Morgan fingerprint density at radius 1 is 1.30 bits per heavy atom. The summed E-state index contributed by atoms with van der Waals surface area (Å²) in [6.07, 6.45) is 1.73. The van der Waals surface area contributed by atoms with E-state index >= 15 is 0 Å². The first-order valence-corrected chi connectivity index (χ1v) is 9.58. The van der Waals surface area contributed by atoms with Gasteiger partial charge in [0.1, 0.15) is 0 Å². The normalized spacial score (nSPS) is 14.7. The van der Waals surface area contributed by atoms with Crippen molar-refractivity contribution in [2.24, 2.45) is 0 Å². The molecule has 1 aliphatic rings. The SMILES string of the molecule is Cc1csc(NC(=O)c2cc(S(=O)(=O)NC3CC3)ccc2C)n1. The molecule has 0 spiro atoms. The van der Waals surface area contributed by atoms with Crippen LogP contribution in [-0.4, -0.2) is 25.4 Å². The number of hydrogen-bond acceptors (Lipinski definition) is 5. The average molecular weight is 351 g/mol. The molecule has 0 saturated heterocycles. The molecule has 1 fully saturated rings. The molecule has 1 aromatic carbocycles. The number of thiazole rings is 1. The number of carbonyl (C=O) groups is 1. The molecule has 1 aromatic heterocycles. The van der Waals surface area contributed by atoms with E-state index in [4.69, 9.17) is 0 Å². The molecule has 1 heterocycles. The second kappa shape index (κ2) is 6.03. The maximum Gasteiger partial charge on any atom is 0.257 e. The van der Waals surface area contributed by atoms with Gasteiger partial charge in [0.25, 0.3) is 5.91 Å². The molecule has 1 amide bonds. The lowest BCUT2D eigenvalue weighted by Crippen LogP contribution is -2.26. The molecule has 0 atom stereocenters. The molecule has 3 rings (SSSR count). The number of sulfonamides is 1. The lowest BCUT2D eigenvalue weighted by atomic mass is 10.1. The molecule has 2 N–H and O–H groups in total. The van der Waals surface area contributed by atoms with Crippen LogP contribution >= 0.6 is 11.3 Å². The van der Waals surface area contributed by atoms with Crippen LogP contribution in [0.25, 0.3) is 0 Å². The summed E-state index contributed by atoms with van der Waals surface area (Å²) in [6, 6.07) is 4.60. The highest BCUT2D eigenvalue weighted by Crippen LogP contribution is 2.24. The summed E-state index contributed by atoms with van der Waals surface area (Å²) in [5.41, 5.74) is 1.87. The highest BCUT2D eigenvalue weighted by atomic mass is 32.2. The Hall–Kier alpha value is -1.77. The Bertz CT molecular complexity index is 855. The van der Waals surface area contributed by atoms with Gasteiger partial charge in [0.2, 0.25) is 10.0 Å². The summed E-state index contributed by atoms with van der Waals surface area (Å²) in [7, 11) is -3.58. The molecule has 122 valence electrons. The maximum absolute atomic E-state index is 12.4. The van der Waals surface area contributed by atoms with Crippen molar-refractivity contribution in [3.63, 3.8) is 0 Å². The quantitative estimate of drug-likeness (QED) is 0.866. The van der Waals surface area contributed by atoms with Gasteiger partial charge in [0.05, 0.1) is 10.6 Å². The predicted octanol–water partition coefficient (Wildman–Crippen LogP) is 2.45. The van der Waals surface area contributed by atoms with Crippen molar-refractivity contribution >= 4 is 32.4 Å². The van der Waals surface area contributed by atoms with Crippen LogP contribution < -0.4 is 10.0 Å². The first kappa shape index (κ1) is 16.1. The summed E-state index contributed by atoms with van der Waals surface area (Å²) in [4.78, 5) is 16.7. The van der Waals surface area contributed by atoms with Crippen LogP contribution in [0.2, 0.25) is 0 Å². The van der Waals surface area contributed by atoms with Crippen LogP contribution in [0.5, 0.6) is 0 Å². The van der Waals surface area contributed by atoms with Crippen molar-refractivity contribution in [1.29, 1.82) is 0 Å². The number of nitrogens with one attached hydrogen (secondary N) is 2. The van der Waals surface area contributed by atoms with Gasteiger partial charge in [-0.15, -0.1) is 11.3 Å². The van der Waals surface area contributed by atoms with Crippen LogP contribution in [0.1, 0.15) is 34.5 Å². The van der Waals surface area contributed by atoms with Crippen molar-refractivity contribution in [1.82, 2.24) is 9.71 Å². The van der Waals surface area contributed by atoms with Gasteiger partial charge in [-0.2, -0.15) is 0 Å². The van der Waals surface area contributed by atoms with Gasteiger partial charge in [0.15, 0.2) is 5.13 Å². The van der Waals surface area contributed by atoms with Crippen molar-refractivity contribution < 1.29 is 13.2 Å². The van der Waals surface area contributed by atoms with E-state index in [-0.39, 0.29) is 16.8 Å². The fourth-order valence-electron chi connectivity index (χ4n) is 2.08. The fourth-order valence-corrected chi connectivity index (χ4v) is 4.09. The molecule has 8 heteroatoms. The summed E-state index contributed by atoms with van der Waals surface area (Å²) in [5.74, 6) is -0.361. The van der Waals surface area contributed by atoms with E-state index in [2.05, 4.69) is 15.0 Å². The average Bonchev–Trinajstić information content (AvgIpc) is 3.19. The zero-order valence-corrected chi connectivity index (χ0v) is 14.4. The van der Waals surface area contributed by atoms with E-state index in [1.165, 1.54) is 23.5 Å². The van der Waals surface area contributed by atoms with Gasteiger partial charge in [-0.1, -0.05) is 6.07 Å². The lowest BCUT2D eigenvalue weighted by Gasteiger charge is -2.10. The van der Waals surface area contributed by atoms with Crippen molar-refractivity contribution in [2.75, 3.05) is 5.32 Å². The van der Waals surface area contributed by atoms with Crippen LogP contribution in [0.15, 0.2) is 28.5 Å². The van der Waals surface area contributed by atoms with E-state index in [1.807, 2.05) is 12.3 Å². The zero-order valence-electron chi connectivity index (χ0n) is 12.8. The molecular formula is C15H17N3O3S2. The first-order chi connectivity index (χ1) is 10.8. The third-order valence-corrected chi connectivity index (χ3v) is 5.90. The van der Waals surface area contributed by atoms with Crippen LogP contribution in [0.3, 0.4) is 0 Å². The number of nitrogens with zero attached hydrogens (tertiary/aromatic N) is 1. The highest BCUT2D eigenvalue weighted by Gasteiger charge is 2.28. The smallest absolute Gasteiger partial charge is 0.257 e. The monoisotopic (exact) mass is 351 g/mol. The van der Waals surface area contributed by atoms with E-state index in [1.54, 1.807) is 13.0 Å². The largest absolute Gasteiger partial charge is 0.298 e. The molecule has 23 heavy (non-hydrogen) atoms. The van der Waals surface area contributed by atoms with Crippen LogP contribution in [0.4, 0.5) is 5.13 Å². The minimum absolute atomic E-state index is 0.0249. The second-order valence-electron chi connectivity index (χ2n) is 5.62. The molecule has 0 aliphatic heterocycles. The van der Waals surface area contributed by atoms with Gasteiger partial charge in [-0.3, -0.25) is 10.1 Å². The Kier molecular flexibility index (Phi) is 4.22. The van der Waals surface area contributed by atoms with Gasteiger partial charge < -0.3 is 0 Å². The van der Waals surface area contributed by atoms with Crippen molar-refractivity contribution in [2.45, 2.75) is 37.6 Å². The van der Waals surface area contributed by atoms with Crippen molar-refractivity contribution in [3.05, 3.63) is 40.4 Å². The molecule has 0 unspecified atom stereocenters. The Morgan fingerprint density at radius 2 is 2.04 bits per heavy atom. The topological polar surface area (TPSA) is 88.2 Å². The highest BCUT2D eigenvalue weighted by molar-refractivity contribution is 7.89. The number of aryl methyl sites for hydroxylation is 2. The van der Waals surface area contributed by atoms with Gasteiger partial charge in [-0.05, 0) is 44.4 Å². The molecule has 0 bridgehead atoms. The fraction of sp³-hybridized carbons (Fsp3) is 0.333. The zero-order chi connectivity index (χ0) is 16.6. The van der Waals surface area contributed by atoms with Gasteiger partial charge in [-0.25, -0.2) is 18.1 Å². The number of carbonyl (C=O) groups excluding carboxylic acids is 1. The van der Waals surface area contributed by atoms with E-state index in [0.29, 0.717) is 16.3 Å². The third-order valence-electron chi connectivity index (χ3n) is 3.50. The molecule has 0 radical (unpaired) electrons. The number of benzene rings is 1. The molecule has 2 aromatic rings. The molecule has 1 saturated carbocycles. The summed E-state index contributed by atoms with van der Waals surface area (Å²) >= 11 is 1.33.